The summed E-state index contributed by atoms with van der Waals surface area (Å²) in [4.78, 5) is 26.1. The molecule has 29 heavy (non-hydrogen) atoms. The molecule has 1 atom stereocenters. The van der Waals surface area contributed by atoms with E-state index in [1.54, 1.807) is 7.11 Å². The minimum Gasteiger partial charge on any atom is -0.497 e. The van der Waals surface area contributed by atoms with Gasteiger partial charge in [-0.1, -0.05) is 24.3 Å². The van der Waals surface area contributed by atoms with E-state index in [0.29, 0.717) is 13.0 Å². The largest absolute Gasteiger partial charge is 0.497 e. The van der Waals surface area contributed by atoms with Crippen molar-refractivity contribution in [2.75, 3.05) is 32.1 Å². The van der Waals surface area contributed by atoms with Crippen LogP contribution in [0.3, 0.4) is 0 Å². The molecule has 6 nitrogen and oxygen atoms in total. The Balaban J connectivity index is 1.61. The molecule has 0 aromatic heterocycles. The Morgan fingerprint density at radius 3 is 2.48 bits per heavy atom. The molecule has 1 unspecified atom stereocenters. The van der Waals surface area contributed by atoms with E-state index >= 15 is 0 Å². The molecule has 0 bridgehead atoms. The Morgan fingerprint density at radius 1 is 1.10 bits per heavy atom. The van der Waals surface area contributed by atoms with Crippen LogP contribution in [0.2, 0.25) is 0 Å². The second-order valence-electron chi connectivity index (χ2n) is 7.39. The van der Waals surface area contributed by atoms with Crippen LogP contribution >= 0.6 is 0 Å². The molecule has 154 valence electrons. The molecule has 1 heterocycles. The lowest BCUT2D eigenvalue weighted by molar-refractivity contribution is -0.120. The Morgan fingerprint density at radius 2 is 1.83 bits per heavy atom. The predicted molar refractivity (Wildman–Crippen MR) is 114 cm³/mol. The van der Waals surface area contributed by atoms with E-state index in [-0.39, 0.29) is 17.9 Å². The Hall–Kier alpha value is -2.86. The molecule has 3 rings (SSSR count). The fraction of sp³-hybridized carbons (Fsp3) is 0.391. The first-order valence-electron chi connectivity index (χ1n) is 10.1. The summed E-state index contributed by atoms with van der Waals surface area (Å²) < 4.78 is 5.37. The van der Waals surface area contributed by atoms with Gasteiger partial charge in [0.2, 0.25) is 11.8 Å². The van der Waals surface area contributed by atoms with Gasteiger partial charge in [-0.05, 0) is 61.3 Å². The zero-order valence-electron chi connectivity index (χ0n) is 17.1. The van der Waals surface area contributed by atoms with Gasteiger partial charge in [0.1, 0.15) is 5.75 Å². The second-order valence-corrected chi connectivity index (χ2v) is 7.39. The monoisotopic (exact) mass is 395 g/mol. The van der Waals surface area contributed by atoms with Crippen molar-refractivity contribution in [1.29, 1.82) is 0 Å². The highest BCUT2D eigenvalue weighted by Crippen LogP contribution is 2.27. The van der Waals surface area contributed by atoms with E-state index in [0.717, 1.165) is 35.7 Å². The van der Waals surface area contributed by atoms with Crippen molar-refractivity contribution in [1.82, 2.24) is 10.2 Å². The van der Waals surface area contributed by atoms with Crippen LogP contribution in [0.4, 0.5) is 5.69 Å². The smallest absolute Gasteiger partial charge is 0.224 e. The first-order valence-corrected chi connectivity index (χ1v) is 10.1. The summed E-state index contributed by atoms with van der Waals surface area (Å²) in [7, 11) is 1.67. The fourth-order valence-electron chi connectivity index (χ4n) is 3.73. The van der Waals surface area contributed by atoms with Crippen molar-refractivity contribution >= 4 is 17.5 Å². The van der Waals surface area contributed by atoms with Crippen LogP contribution in [0.1, 0.15) is 36.9 Å². The highest BCUT2D eigenvalue weighted by molar-refractivity contribution is 5.88. The maximum atomic E-state index is 12.5. The number of benzene rings is 2. The second kappa shape index (κ2) is 10.1. The van der Waals surface area contributed by atoms with E-state index in [9.17, 15) is 9.59 Å². The number of carbonyl (C=O) groups is 2. The summed E-state index contributed by atoms with van der Waals surface area (Å²) in [6.07, 6.45) is 2.69. The van der Waals surface area contributed by atoms with Crippen LogP contribution in [-0.4, -0.2) is 43.5 Å². The third-order valence-electron chi connectivity index (χ3n) is 5.19. The minimum absolute atomic E-state index is 0.00984. The summed E-state index contributed by atoms with van der Waals surface area (Å²) >= 11 is 0. The first kappa shape index (κ1) is 20.9. The van der Waals surface area contributed by atoms with Crippen molar-refractivity contribution in [2.45, 2.75) is 32.2 Å². The summed E-state index contributed by atoms with van der Waals surface area (Å²) in [5.74, 6) is 0.711. The highest BCUT2D eigenvalue weighted by atomic mass is 16.5. The molecule has 6 heteroatoms. The normalized spacial score (nSPS) is 15.0. The molecule has 1 aliphatic rings. The van der Waals surface area contributed by atoms with Gasteiger partial charge in [-0.15, -0.1) is 0 Å². The molecule has 2 amide bonds. The third kappa shape index (κ3) is 6.06. The number of likely N-dealkylation sites (tertiary alicyclic amines) is 1. The van der Waals surface area contributed by atoms with Gasteiger partial charge in [-0.3, -0.25) is 14.5 Å². The molecule has 1 saturated heterocycles. The zero-order valence-corrected chi connectivity index (χ0v) is 17.1. The van der Waals surface area contributed by atoms with Crippen LogP contribution in [0.15, 0.2) is 48.5 Å². The molecule has 2 aromatic rings. The van der Waals surface area contributed by atoms with Crippen molar-refractivity contribution in [3.05, 3.63) is 59.7 Å². The van der Waals surface area contributed by atoms with Crippen LogP contribution in [0.5, 0.6) is 5.75 Å². The quantitative estimate of drug-likeness (QED) is 0.720. The minimum atomic E-state index is -0.110. The van der Waals surface area contributed by atoms with E-state index in [4.69, 9.17) is 4.74 Å². The van der Waals surface area contributed by atoms with Crippen LogP contribution < -0.4 is 15.4 Å². The number of anilines is 1. The Kier molecular flexibility index (Phi) is 7.25. The number of ether oxygens (including phenoxy) is 1. The SMILES string of the molecule is COc1cccc(C(CNC(=O)Cc2ccc(NC(C)=O)cc2)N2CCCC2)c1. The summed E-state index contributed by atoms with van der Waals surface area (Å²) in [6, 6.07) is 15.6. The fourth-order valence-corrected chi connectivity index (χ4v) is 3.73. The average Bonchev–Trinajstić information content (AvgIpc) is 3.24. The first-order chi connectivity index (χ1) is 14.0. The van der Waals surface area contributed by atoms with Gasteiger partial charge in [0, 0.05) is 19.2 Å². The van der Waals surface area contributed by atoms with Crippen LogP contribution in [-0.2, 0) is 16.0 Å². The molecule has 2 N–H and O–H groups in total. The van der Waals surface area contributed by atoms with Gasteiger partial charge < -0.3 is 15.4 Å². The molecule has 0 radical (unpaired) electrons. The average molecular weight is 396 g/mol. The molecule has 1 aliphatic heterocycles. The van der Waals surface area contributed by atoms with Gasteiger partial charge in [0.05, 0.1) is 19.6 Å². The lowest BCUT2D eigenvalue weighted by Gasteiger charge is -2.28. The summed E-state index contributed by atoms with van der Waals surface area (Å²) in [5.41, 5.74) is 2.80. The Bertz CT molecular complexity index is 830. The van der Waals surface area contributed by atoms with Crippen LogP contribution in [0.25, 0.3) is 0 Å². The zero-order chi connectivity index (χ0) is 20.6. The van der Waals surface area contributed by atoms with Crippen molar-refractivity contribution in [3.8, 4) is 5.75 Å². The van der Waals surface area contributed by atoms with E-state index in [1.807, 2.05) is 36.4 Å². The highest BCUT2D eigenvalue weighted by Gasteiger charge is 2.24. The van der Waals surface area contributed by atoms with Crippen molar-refractivity contribution in [3.63, 3.8) is 0 Å². The van der Waals surface area contributed by atoms with Gasteiger partial charge in [0.15, 0.2) is 0 Å². The van der Waals surface area contributed by atoms with Crippen LogP contribution in [0, 0.1) is 0 Å². The maximum Gasteiger partial charge on any atom is 0.224 e. The number of carbonyl (C=O) groups excluding carboxylic acids is 2. The van der Waals surface area contributed by atoms with E-state index in [1.165, 1.54) is 19.8 Å². The molecule has 2 aromatic carbocycles. The topological polar surface area (TPSA) is 70.7 Å². The third-order valence-corrected chi connectivity index (χ3v) is 5.19. The number of amides is 2. The van der Waals surface area contributed by atoms with Gasteiger partial charge in [0.25, 0.3) is 0 Å². The Labute approximate surface area is 172 Å². The molecule has 0 aliphatic carbocycles. The number of nitrogens with one attached hydrogen (secondary N) is 2. The van der Waals surface area contributed by atoms with Crippen molar-refractivity contribution < 1.29 is 14.3 Å². The van der Waals surface area contributed by atoms with Gasteiger partial charge in [-0.25, -0.2) is 0 Å². The molecular weight excluding hydrogens is 366 g/mol. The molecule has 0 spiro atoms. The predicted octanol–water partition coefficient (Wildman–Crippen LogP) is 3.15. The summed E-state index contributed by atoms with van der Waals surface area (Å²) in [6.45, 7) is 4.13. The lowest BCUT2D eigenvalue weighted by Crippen LogP contribution is -2.37. The number of hydrogen-bond donors (Lipinski definition) is 2. The standard InChI is InChI=1S/C23H29N3O3/c1-17(27)25-20-10-8-18(9-11-20)14-23(28)24-16-22(26-12-3-4-13-26)19-6-5-7-21(15-19)29-2/h5-11,15,22H,3-4,12-14,16H2,1-2H3,(H,24,28)(H,25,27). The number of methoxy groups -OCH3 is 1. The van der Waals surface area contributed by atoms with E-state index < -0.39 is 0 Å². The lowest BCUT2D eigenvalue weighted by atomic mass is 10.0. The number of hydrogen-bond acceptors (Lipinski definition) is 4. The van der Waals surface area contributed by atoms with E-state index in [2.05, 4.69) is 27.7 Å². The number of nitrogens with zero attached hydrogens (tertiary/aromatic N) is 1. The van der Waals surface area contributed by atoms with Gasteiger partial charge in [-0.2, -0.15) is 0 Å². The molecular formula is C23H29N3O3. The van der Waals surface area contributed by atoms with Gasteiger partial charge >= 0.3 is 0 Å². The van der Waals surface area contributed by atoms with Crippen molar-refractivity contribution in [2.24, 2.45) is 0 Å². The maximum absolute atomic E-state index is 12.5. The number of rotatable bonds is 8. The summed E-state index contributed by atoms with van der Waals surface area (Å²) in [5, 5.41) is 5.83. The molecule has 1 fully saturated rings. The molecule has 0 saturated carbocycles.